The zero-order chi connectivity index (χ0) is 32.6. The van der Waals surface area contributed by atoms with E-state index in [1.807, 2.05) is 144 Å². The maximum Gasteiger partial charge on any atom is 0.534 e. The normalized spacial score (nSPS) is 11.9. The number of hydrogen-bond donors (Lipinski definition) is 0. The Bertz CT molecular complexity index is 2200. The van der Waals surface area contributed by atoms with Crippen LogP contribution in [0, 0.1) is 0 Å². The molecule has 0 aliphatic carbocycles. The molecule has 10 heteroatoms. The summed E-state index contributed by atoms with van der Waals surface area (Å²) >= 11 is 1.46. The third kappa shape index (κ3) is 5.89. The van der Waals surface area contributed by atoms with Crippen molar-refractivity contribution < 1.29 is 25.8 Å². The van der Waals surface area contributed by atoms with Gasteiger partial charge in [-0.1, -0.05) is 78.9 Å². The average molecular weight is 667 g/mol. The van der Waals surface area contributed by atoms with Crippen molar-refractivity contribution >= 4 is 75.8 Å². The lowest BCUT2D eigenvalue weighted by Crippen LogP contribution is -2.28. The molecule has 0 unspecified atom stereocenters. The molecule has 0 radical (unpaired) electrons. The van der Waals surface area contributed by atoms with Crippen LogP contribution in [0.25, 0.3) is 20.2 Å². The van der Waals surface area contributed by atoms with Gasteiger partial charge in [-0.15, -0.1) is 11.3 Å². The van der Waals surface area contributed by atoms with E-state index >= 15 is 0 Å². The molecule has 7 aromatic rings. The van der Waals surface area contributed by atoms with E-state index in [1.54, 1.807) is 0 Å². The second kappa shape index (κ2) is 12.1. The molecule has 47 heavy (non-hydrogen) atoms. The number of halogens is 3. The van der Waals surface area contributed by atoms with Gasteiger partial charge in [-0.05, 0) is 66.7 Å². The first-order valence-electron chi connectivity index (χ1n) is 14.5. The highest BCUT2D eigenvalue weighted by molar-refractivity contribution is 7.88. The summed E-state index contributed by atoms with van der Waals surface area (Å²) in [6.07, 6.45) is 0. The summed E-state index contributed by atoms with van der Waals surface area (Å²) in [5.41, 5.74) is -0.883. The number of alkyl halides is 3. The van der Waals surface area contributed by atoms with Crippen molar-refractivity contribution in [1.82, 2.24) is 0 Å². The van der Waals surface area contributed by atoms with Crippen molar-refractivity contribution in [2.24, 2.45) is 0 Å². The number of hydrogen-bond acceptors (Lipinski definition) is 6. The van der Waals surface area contributed by atoms with Gasteiger partial charge in [0.1, 0.15) is 5.75 Å². The van der Waals surface area contributed by atoms with Crippen LogP contribution in [0.3, 0.4) is 0 Å². The smallest absolute Gasteiger partial charge is 0.376 e. The number of benzene rings is 6. The van der Waals surface area contributed by atoms with E-state index in [0.717, 1.165) is 43.2 Å². The number of rotatable bonds is 8. The summed E-state index contributed by atoms with van der Waals surface area (Å²) in [6.45, 7) is 0. The van der Waals surface area contributed by atoms with Crippen LogP contribution in [0.15, 0.2) is 152 Å². The Labute approximate surface area is 273 Å². The summed E-state index contributed by atoms with van der Waals surface area (Å²) in [6, 6.07) is 47.1. The van der Waals surface area contributed by atoms with Crippen LogP contribution >= 0.6 is 11.3 Å². The lowest BCUT2D eigenvalue weighted by molar-refractivity contribution is -0.0500. The van der Waals surface area contributed by atoms with E-state index < -0.39 is 21.4 Å². The van der Waals surface area contributed by atoms with Crippen LogP contribution in [-0.2, 0) is 10.1 Å². The van der Waals surface area contributed by atoms with Crippen molar-refractivity contribution in [2.45, 2.75) is 5.51 Å². The molecule has 7 rings (SSSR count). The molecule has 0 saturated carbocycles. The fourth-order valence-corrected chi connectivity index (χ4v) is 7.20. The standard InChI is InChI=1S/C37H25F3N2O3S2/c38-37(39,40)47(43,44)45-31-24-33-32-22-21-30(41(26-13-5-1-6-14-26)27-15-7-2-8-16-27)23-35(32)46-36(33)34(25-31)42(28-17-9-3-10-18-28)29-19-11-4-12-20-29/h1-25H. The zero-order valence-electron chi connectivity index (χ0n) is 24.5. The SMILES string of the molecule is O=S(=O)(Oc1cc(N(c2ccccc2)c2ccccc2)c2sc3cc(N(c4ccccc4)c4ccccc4)ccc3c2c1)C(F)(F)F. The number of para-hydroxylation sites is 4. The summed E-state index contributed by atoms with van der Waals surface area (Å²) in [7, 11) is -5.93. The van der Waals surface area contributed by atoms with E-state index in [0.29, 0.717) is 11.1 Å². The minimum atomic E-state index is -5.93. The first-order valence-corrected chi connectivity index (χ1v) is 16.7. The van der Waals surface area contributed by atoms with Gasteiger partial charge in [0, 0.05) is 50.0 Å². The lowest BCUT2D eigenvalue weighted by Gasteiger charge is -2.26. The van der Waals surface area contributed by atoms with Gasteiger partial charge < -0.3 is 14.0 Å². The van der Waals surface area contributed by atoms with Crippen LogP contribution in [0.1, 0.15) is 0 Å². The van der Waals surface area contributed by atoms with Gasteiger partial charge in [0.2, 0.25) is 0 Å². The minimum Gasteiger partial charge on any atom is -0.376 e. The maximum atomic E-state index is 13.5. The first-order chi connectivity index (χ1) is 22.7. The van der Waals surface area contributed by atoms with Crippen LogP contribution in [0.2, 0.25) is 0 Å². The molecule has 1 heterocycles. The van der Waals surface area contributed by atoms with Crippen molar-refractivity contribution in [3.63, 3.8) is 0 Å². The molecule has 0 aliphatic heterocycles. The van der Waals surface area contributed by atoms with Crippen LogP contribution in [-0.4, -0.2) is 13.9 Å². The summed E-state index contributed by atoms with van der Waals surface area (Å²) in [5, 5.41) is 1.30. The predicted molar refractivity (Wildman–Crippen MR) is 184 cm³/mol. The molecular formula is C37H25F3N2O3S2. The largest absolute Gasteiger partial charge is 0.534 e. The Hall–Kier alpha value is -5.32. The molecule has 234 valence electrons. The maximum absolute atomic E-state index is 13.5. The molecule has 5 nitrogen and oxygen atoms in total. The summed E-state index contributed by atoms with van der Waals surface area (Å²) < 4.78 is 71.2. The molecule has 0 fully saturated rings. The topological polar surface area (TPSA) is 49.9 Å². The fourth-order valence-electron chi connectivity index (χ4n) is 5.53. The molecule has 6 aromatic carbocycles. The third-order valence-electron chi connectivity index (χ3n) is 7.56. The third-order valence-corrected chi connectivity index (χ3v) is 9.73. The highest BCUT2D eigenvalue weighted by Crippen LogP contribution is 2.48. The molecule has 1 aromatic heterocycles. The number of fused-ring (bicyclic) bond motifs is 3. The molecule has 0 saturated heterocycles. The molecule has 0 aliphatic rings. The van der Waals surface area contributed by atoms with Crippen LogP contribution < -0.4 is 14.0 Å². The van der Waals surface area contributed by atoms with E-state index in [4.69, 9.17) is 4.18 Å². The highest BCUT2D eigenvalue weighted by atomic mass is 32.2. The molecule has 0 atom stereocenters. The Morgan fingerprint density at radius 2 is 1.00 bits per heavy atom. The Morgan fingerprint density at radius 1 is 0.532 bits per heavy atom. The Morgan fingerprint density at radius 3 is 1.47 bits per heavy atom. The predicted octanol–water partition coefficient (Wildman–Crippen LogP) is 11.2. The van der Waals surface area contributed by atoms with E-state index in [-0.39, 0.29) is 0 Å². The van der Waals surface area contributed by atoms with E-state index in [9.17, 15) is 21.6 Å². The second-order valence-corrected chi connectivity index (χ2v) is 13.2. The number of anilines is 6. The average Bonchev–Trinajstić information content (AvgIpc) is 3.44. The number of thiophene rings is 1. The van der Waals surface area contributed by atoms with Gasteiger partial charge >= 0.3 is 15.6 Å². The lowest BCUT2D eigenvalue weighted by atomic mass is 10.1. The number of nitrogens with zero attached hydrogens (tertiary/aromatic N) is 2. The molecular weight excluding hydrogens is 642 g/mol. The summed E-state index contributed by atoms with van der Waals surface area (Å²) in [4.78, 5) is 4.00. The van der Waals surface area contributed by atoms with Gasteiger partial charge in [0.15, 0.2) is 0 Å². The summed E-state index contributed by atoms with van der Waals surface area (Å²) in [5.74, 6) is -0.444. The second-order valence-electron chi connectivity index (χ2n) is 10.6. The van der Waals surface area contributed by atoms with Crippen LogP contribution in [0.4, 0.5) is 47.3 Å². The fraction of sp³-hybridized carbons (Fsp3) is 0.0270. The van der Waals surface area contributed by atoms with Gasteiger partial charge in [0.25, 0.3) is 0 Å². The van der Waals surface area contributed by atoms with Gasteiger partial charge in [-0.3, -0.25) is 0 Å². The van der Waals surface area contributed by atoms with E-state index in [2.05, 4.69) is 4.90 Å². The monoisotopic (exact) mass is 666 g/mol. The first kappa shape index (κ1) is 30.3. The minimum absolute atomic E-state index is 0.444. The highest BCUT2D eigenvalue weighted by Gasteiger charge is 2.48. The quantitative estimate of drug-likeness (QED) is 0.119. The van der Waals surface area contributed by atoms with Crippen LogP contribution in [0.5, 0.6) is 5.75 Å². The van der Waals surface area contributed by atoms with Crippen molar-refractivity contribution in [1.29, 1.82) is 0 Å². The van der Waals surface area contributed by atoms with Crippen molar-refractivity contribution in [3.05, 3.63) is 152 Å². The Kier molecular flexibility index (Phi) is 7.83. The van der Waals surface area contributed by atoms with Crippen molar-refractivity contribution in [2.75, 3.05) is 9.80 Å². The van der Waals surface area contributed by atoms with E-state index in [1.165, 1.54) is 23.5 Å². The molecule has 0 amide bonds. The van der Waals surface area contributed by atoms with Gasteiger partial charge in [-0.2, -0.15) is 21.6 Å². The van der Waals surface area contributed by atoms with Crippen molar-refractivity contribution in [3.8, 4) is 5.75 Å². The molecule has 0 N–H and O–H groups in total. The Balaban J connectivity index is 1.48. The zero-order valence-corrected chi connectivity index (χ0v) is 26.1. The molecule has 0 spiro atoms. The molecule has 0 bridgehead atoms. The van der Waals surface area contributed by atoms with Gasteiger partial charge in [-0.25, -0.2) is 0 Å². The van der Waals surface area contributed by atoms with Gasteiger partial charge in [0.05, 0.1) is 10.4 Å².